The molecule has 0 aliphatic carbocycles. The van der Waals surface area contributed by atoms with Crippen LogP contribution in [0.4, 0.5) is 0 Å². The first-order valence-corrected chi connectivity index (χ1v) is 5.76. The molecule has 1 heterocycles. The number of nitrogens with zero attached hydrogens (tertiary/aromatic N) is 2. The van der Waals surface area contributed by atoms with Crippen LogP contribution in [-0.4, -0.2) is 9.97 Å². The minimum absolute atomic E-state index is 0.0700. The van der Waals surface area contributed by atoms with Crippen molar-refractivity contribution in [3.05, 3.63) is 59.2 Å². The van der Waals surface area contributed by atoms with Gasteiger partial charge in [0.25, 0.3) is 0 Å². The third-order valence-electron chi connectivity index (χ3n) is 2.75. The molecule has 0 saturated heterocycles. The molecule has 1 unspecified atom stereocenters. The molecule has 0 aliphatic rings. The van der Waals surface area contributed by atoms with Gasteiger partial charge in [-0.2, -0.15) is 0 Å². The molecule has 2 aromatic rings. The Morgan fingerprint density at radius 2 is 1.82 bits per heavy atom. The Morgan fingerprint density at radius 1 is 1.12 bits per heavy atom. The van der Waals surface area contributed by atoms with E-state index in [4.69, 9.17) is 5.73 Å². The second-order valence-corrected chi connectivity index (χ2v) is 4.32. The fourth-order valence-corrected chi connectivity index (χ4v) is 1.76. The maximum Gasteiger partial charge on any atom is 0.125 e. The summed E-state index contributed by atoms with van der Waals surface area (Å²) in [7, 11) is 0. The Kier molecular flexibility index (Phi) is 3.49. The van der Waals surface area contributed by atoms with Crippen molar-refractivity contribution >= 4 is 0 Å². The van der Waals surface area contributed by atoms with E-state index in [1.165, 1.54) is 11.1 Å². The van der Waals surface area contributed by atoms with Crippen LogP contribution in [0.3, 0.4) is 0 Å². The van der Waals surface area contributed by atoms with Gasteiger partial charge >= 0.3 is 0 Å². The summed E-state index contributed by atoms with van der Waals surface area (Å²) >= 11 is 0. The van der Waals surface area contributed by atoms with Crippen molar-refractivity contribution in [3.8, 4) is 0 Å². The Labute approximate surface area is 102 Å². The van der Waals surface area contributed by atoms with Crippen LogP contribution in [0.1, 0.15) is 28.7 Å². The van der Waals surface area contributed by atoms with Crippen LogP contribution in [0.2, 0.25) is 0 Å². The van der Waals surface area contributed by atoms with Crippen molar-refractivity contribution in [2.75, 3.05) is 0 Å². The molecule has 3 nitrogen and oxygen atoms in total. The molecule has 2 N–H and O–H groups in total. The van der Waals surface area contributed by atoms with E-state index in [2.05, 4.69) is 41.2 Å². The maximum absolute atomic E-state index is 6.14. The summed E-state index contributed by atoms with van der Waals surface area (Å²) in [5, 5.41) is 0. The van der Waals surface area contributed by atoms with Crippen molar-refractivity contribution in [3.63, 3.8) is 0 Å². The Morgan fingerprint density at radius 3 is 2.47 bits per heavy atom. The second-order valence-electron chi connectivity index (χ2n) is 4.32. The average molecular weight is 227 g/mol. The lowest BCUT2D eigenvalue weighted by Crippen LogP contribution is -2.15. The number of aromatic nitrogens is 2. The molecule has 0 amide bonds. The SMILES string of the molecule is Cc1ccc(CC(N)c2ccnc(C)n2)cc1. The standard InChI is InChI=1S/C14H17N3/c1-10-3-5-12(6-4-10)9-13(15)14-7-8-16-11(2)17-14/h3-8,13H,9,15H2,1-2H3. The van der Waals surface area contributed by atoms with E-state index in [9.17, 15) is 0 Å². The first-order valence-electron chi connectivity index (χ1n) is 5.76. The fraction of sp³-hybridized carbons (Fsp3) is 0.286. The highest BCUT2D eigenvalue weighted by Crippen LogP contribution is 2.14. The lowest BCUT2D eigenvalue weighted by atomic mass is 10.0. The lowest BCUT2D eigenvalue weighted by molar-refractivity contribution is 0.688. The zero-order valence-electron chi connectivity index (χ0n) is 10.2. The summed E-state index contributed by atoms with van der Waals surface area (Å²) in [5.74, 6) is 0.766. The number of rotatable bonds is 3. The van der Waals surface area contributed by atoms with E-state index in [1.54, 1.807) is 6.20 Å². The summed E-state index contributed by atoms with van der Waals surface area (Å²) in [6.07, 6.45) is 2.56. The molecule has 0 radical (unpaired) electrons. The van der Waals surface area contributed by atoms with Crippen LogP contribution in [0.25, 0.3) is 0 Å². The van der Waals surface area contributed by atoms with Gasteiger partial charge in [0.15, 0.2) is 0 Å². The third-order valence-corrected chi connectivity index (χ3v) is 2.75. The zero-order valence-corrected chi connectivity index (χ0v) is 10.2. The molecule has 0 bridgehead atoms. The number of nitrogens with two attached hydrogens (primary N) is 1. The van der Waals surface area contributed by atoms with Gasteiger partial charge in [-0.05, 0) is 31.9 Å². The van der Waals surface area contributed by atoms with E-state index in [1.807, 2.05) is 13.0 Å². The summed E-state index contributed by atoms with van der Waals surface area (Å²) in [6, 6.07) is 10.2. The largest absolute Gasteiger partial charge is 0.322 e. The third kappa shape index (κ3) is 3.11. The number of benzene rings is 1. The molecule has 2 rings (SSSR count). The fourth-order valence-electron chi connectivity index (χ4n) is 1.76. The molecule has 88 valence electrons. The van der Waals surface area contributed by atoms with Crippen molar-refractivity contribution in [1.29, 1.82) is 0 Å². The van der Waals surface area contributed by atoms with Gasteiger partial charge in [0.1, 0.15) is 5.82 Å². The molecule has 0 fully saturated rings. The van der Waals surface area contributed by atoms with Gasteiger partial charge < -0.3 is 5.73 Å². The molecular formula is C14H17N3. The molecule has 0 spiro atoms. The van der Waals surface area contributed by atoms with Crippen molar-refractivity contribution < 1.29 is 0 Å². The number of hydrogen-bond acceptors (Lipinski definition) is 3. The van der Waals surface area contributed by atoms with Crippen LogP contribution in [0, 0.1) is 13.8 Å². The van der Waals surface area contributed by atoms with Crippen molar-refractivity contribution in [2.24, 2.45) is 5.73 Å². The molecule has 1 aromatic carbocycles. The molecule has 17 heavy (non-hydrogen) atoms. The monoisotopic (exact) mass is 227 g/mol. The summed E-state index contributed by atoms with van der Waals surface area (Å²) in [5.41, 5.74) is 9.54. The van der Waals surface area contributed by atoms with Gasteiger partial charge in [0.05, 0.1) is 11.7 Å². The minimum Gasteiger partial charge on any atom is -0.322 e. The van der Waals surface area contributed by atoms with Gasteiger partial charge in [0.2, 0.25) is 0 Å². The number of hydrogen-bond donors (Lipinski definition) is 1. The van der Waals surface area contributed by atoms with Gasteiger partial charge in [-0.1, -0.05) is 29.8 Å². The smallest absolute Gasteiger partial charge is 0.125 e. The first kappa shape index (κ1) is 11.7. The van der Waals surface area contributed by atoms with E-state index in [0.717, 1.165) is 17.9 Å². The van der Waals surface area contributed by atoms with Crippen LogP contribution >= 0.6 is 0 Å². The predicted molar refractivity (Wildman–Crippen MR) is 68.6 cm³/mol. The molecular weight excluding hydrogens is 210 g/mol. The first-order chi connectivity index (χ1) is 8.15. The summed E-state index contributed by atoms with van der Waals surface area (Å²) < 4.78 is 0. The van der Waals surface area contributed by atoms with E-state index in [-0.39, 0.29) is 6.04 Å². The quantitative estimate of drug-likeness (QED) is 0.875. The topological polar surface area (TPSA) is 51.8 Å². The predicted octanol–water partition coefficient (Wildman–Crippen LogP) is 2.34. The van der Waals surface area contributed by atoms with Crippen LogP contribution in [-0.2, 0) is 6.42 Å². The average Bonchev–Trinajstić information content (AvgIpc) is 2.32. The molecule has 0 saturated carbocycles. The number of aryl methyl sites for hydroxylation is 2. The van der Waals surface area contributed by atoms with Crippen molar-refractivity contribution in [2.45, 2.75) is 26.3 Å². The highest BCUT2D eigenvalue weighted by Gasteiger charge is 2.08. The minimum atomic E-state index is -0.0700. The summed E-state index contributed by atoms with van der Waals surface area (Å²) in [6.45, 7) is 3.96. The highest BCUT2D eigenvalue weighted by atomic mass is 14.9. The molecule has 1 atom stereocenters. The van der Waals surface area contributed by atoms with Gasteiger partial charge in [0, 0.05) is 6.20 Å². The summed E-state index contributed by atoms with van der Waals surface area (Å²) in [4.78, 5) is 8.42. The molecule has 1 aromatic heterocycles. The van der Waals surface area contributed by atoms with Crippen LogP contribution in [0.15, 0.2) is 36.5 Å². The van der Waals surface area contributed by atoms with E-state index in [0.29, 0.717) is 0 Å². The van der Waals surface area contributed by atoms with Crippen LogP contribution in [0.5, 0.6) is 0 Å². The van der Waals surface area contributed by atoms with E-state index >= 15 is 0 Å². The van der Waals surface area contributed by atoms with Gasteiger partial charge in [-0.25, -0.2) is 9.97 Å². The normalized spacial score (nSPS) is 12.4. The lowest BCUT2D eigenvalue weighted by Gasteiger charge is -2.11. The zero-order chi connectivity index (χ0) is 12.3. The van der Waals surface area contributed by atoms with Crippen molar-refractivity contribution in [1.82, 2.24) is 9.97 Å². The second kappa shape index (κ2) is 5.06. The Balaban J connectivity index is 2.11. The highest BCUT2D eigenvalue weighted by molar-refractivity contribution is 5.23. The molecule has 3 heteroatoms. The van der Waals surface area contributed by atoms with Gasteiger partial charge in [-0.15, -0.1) is 0 Å². The van der Waals surface area contributed by atoms with Gasteiger partial charge in [-0.3, -0.25) is 0 Å². The maximum atomic E-state index is 6.14. The Hall–Kier alpha value is -1.74. The van der Waals surface area contributed by atoms with E-state index < -0.39 is 0 Å². The Bertz CT molecular complexity index is 491. The molecule has 0 aliphatic heterocycles. The van der Waals surface area contributed by atoms with Crippen LogP contribution < -0.4 is 5.73 Å².